The quantitative estimate of drug-likeness (QED) is 0.615. The monoisotopic (exact) mass is 434 g/mol. The number of nitrogen functional groups attached to an aromatic ring is 1. The zero-order chi connectivity index (χ0) is 22.7. The van der Waals surface area contributed by atoms with Crippen molar-refractivity contribution in [3.63, 3.8) is 0 Å². The Labute approximate surface area is 188 Å². The summed E-state index contributed by atoms with van der Waals surface area (Å²) in [7, 11) is 3.85. The van der Waals surface area contributed by atoms with Gasteiger partial charge in [0.25, 0.3) is 5.91 Å². The van der Waals surface area contributed by atoms with Crippen LogP contribution in [0.1, 0.15) is 11.1 Å². The van der Waals surface area contributed by atoms with Crippen molar-refractivity contribution in [1.29, 1.82) is 0 Å². The van der Waals surface area contributed by atoms with Crippen LogP contribution >= 0.6 is 0 Å². The highest BCUT2D eigenvalue weighted by Gasteiger charge is 2.49. The summed E-state index contributed by atoms with van der Waals surface area (Å²) in [5.41, 5.74) is 8.68. The van der Waals surface area contributed by atoms with Gasteiger partial charge >= 0.3 is 6.03 Å². The molecule has 0 saturated carbocycles. The fourth-order valence-corrected chi connectivity index (χ4v) is 4.05. The average Bonchev–Trinajstić information content (AvgIpc) is 3.19. The number of hydrogen-bond donors (Lipinski definition) is 2. The number of amidine groups is 1. The van der Waals surface area contributed by atoms with E-state index in [0.29, 0.717) is 38.2 Å². The number of carbonyl (C=O) groups excluding carboxylic acids is 2. The number of anilines is 1. The highest BCUT2D eigenvalue weighted by Crippen LogP contribution is 2.24. The number of nitrogens with one attached hydrogen (secondary N) is 1. The lowest BCUT2D eigenvalue weighted by Gasteiger charge is -2.40. The molecule has 4 rings (SSSR count). The van der Waals surface area contributed by atoms with Crippen LogP contribution in [0.5, 0.6) is 0 Å². The van der Waals surface area contributed by atoms with Crippen molar-refractivity contribution in [2.24, 2.45) is 4.99 Å². The molecule has 32 heavy (non-hydrogen) atoms. The van der Waals surface area contributed by atoms with E-state index in [2.05, 4.69) is 5.32 Å². The molecule has 8 heteroatoms. The number of fused-ring (bicyclic) bond motifs is 1. The Morgan fingerprint density at radius 1 is 1.00 bits per heavy atom. The van der Waals surface area contributed by atoms with E-state index in [1.54, 1.807) is 4.90 Å². The summed E-state index contributed by atoms with van der Waals surface area (Å²) in [5, 5.41) is 3.30. The van der Waals surface area contributed by atoms with Gasteiger partial charge in [-0.1, -0.05) is 42.5 Å². The van der Waals surface area contributed by atoms with Crippen LogP contribution in [0.4, 0.5) is 10.5 Å². The van der Waals surface area contributed by atoms with Gasteiger partial charge in [0.2, 0.25) is 0 Å². The molecule has 168 valence electrons. The fourth-order valence-electron chi connectivity index (χ4n) is 4.05. The topological polar surface area (TPSA) is 94.3 Å². The van der Waals surface area contributed by atoms with E-state index in [4.69, 9.17) is 10.7 Å². The van der Waals surface area contributed by atoms with Crippen LogP contribution in [-0.4, -0.2) is 78.4 Å². The molecule has 2 aliphatic heterocycles. The van der Waals surface area contributed by atoms with Gasteiger partial charge in [-0.2, -0.15) is 0 Å². The first-order valence-electron chi connectivity index (χ1n) is 10.9. The first-order chi connectivity index (χ1) is 15.4. The molecule has 3 amide bonds. The smallest absolute Gasteiger partial charge is 0.328 e. The second-order valence-electron chi connectivity index (χ2n) is 8.53. The highest BCUT2D eigenvalue weighted by atomic mass is 16.2. The standard InChI is InChI=1S/C24H30N6O2/c1-28(2)14-15-30-23(31)21-22(27-20(26-21)16-18-6-4-3-5-7-18)29(24(30)32)13-12-17-8-10-19(25)11-9-17/h3-11,21-22H,12-16,25H2,1-2H3,(H,26,27). The van der Waals surface area contributed by atoms with Gasteiger partial charge in [-0.3, -0.25) is 14.6 Å². The number of carbonyl (C=O) groups is 2. The Morgan fingerprint density at radius 2 is 1.72 bits per heavy atom. The Hall–Kier alpha value is -3.39. The molecule has 0 bridgehead atoms. The molecule has 0 aliphatic carbocycles. The van der Waals surface area contributed by atoms with E-state index in [1.807, 2.05) is 73.6 Å². The second-order valence-corrected chi connectivity index (χ2v) is 8.53. The molecule has 1 fully saturated rings. The number of nitrogens with two attached hydrogens (primary N) is 1. The predicted molar refractivity (Wildman–Crippen MR) is 125 cm³/mol. The second kappa shape index (κ2) is 9.40. The maximum absolute atomic E-state index is 13.3. The van der Waals surface area contributed by atoms with Crippen LogP contribution < -0.4 is 11.1 Å². The lowest BCUT2D eigenvalue weighted by atomic mass is 10.1. The number of urea groups is 1. The molecule has 8 nitrogen and oxygen atoms in total. The molecule has 1 saturated heterocycles. The van der Waals surface area contributed by atoms with E-state index in [-0.39, 0.29) is 11.9 Å². The third-order valence-electron chi connectivity index (χ3n) is 5.84. The van der Waals surface area contributed by atoms with E-state index in [0.717, 1.165) is 17.0 Å². The van der Waals surface area contributed by atoms with Gasteiger partial charge in [0.05, 0.1) is 0 Å². The number of aliphatic imine (C=N–C) groups is 1. The minimum atomic E-state index is -0.556. The number of imide groups is 1. The minimum Gasteiger partial charge on any atom is -0.399 e. The number of likely N-dealkylation sites (N-methyl/N-ethyl adjacent to an activating group) is 1. The molecule has 2 aromatic rings. The van der Waals surface area contributed by atoms with E-state index < -0.39 is 12.2 Å². The van der Waals surface area contributed by atoms with E-state index in [9.17, 15) is 9.59 Å². The van der Waals surface area contributed by atoms with Gasteiger partial charge in [0.15, 0.2) is 6.17 Å². The molecule has 2 atom stereocenters. The maximum Gasteiger partial charge on any atom is 0.328 e. The van der Waals surface area contributed by atoms with Crippen molar-refractivity contribution in [2.45, 2.75) is 25.0 Å². The van der Waals surface area contributed by atoms with Crippen LogP contribution in [0.3, 0.4) is 0 Å². The van der Waals surface area contributed by atoms with Crippen molar-refractivity contribution in [3.05, 3.63) is 65.7 Å². The molecule has 0 radical (unpaired) electrons. The summed E-state index contributed by atoms with van der Waals surface area (Å²) in [5.74, 6) is 0.525. The van der Waals surface area contributed by atoms with Crippen molar-refractivity contribution < 1.29 is 9.59 Å². The Bertz CT molecular complexity index is 989. The molecule has 0 spiro atoms. The third-order valence-corrected chi connectivity index (χ3v) is 5.84. The summed E-state index contributed by atoms with van der Waals surface area (Å²) >= 11 is 0. The van der Waals surface area contributed by atoms with Crippen LogP contribution in [0.15, 0.2) is 59.6 Å². The maximum atomic E-state index is 13.3. The van der Waals surface area contributed by atoms with Gasteiger partial charge in [0.1, 0.15) is 11.9 Å². The number of hydrogen-bond acceptors (Lipinski definition) is 6. The Kier molecular flexibility index (Phi) is 6.41. The average molecular weight is 435 g/mol. The highest BCUT2D eigenvalue weighted by molar-refractivity contribution is 6.04. The largest absolute Gasteiger partial charge is 0.399 e. The molecular weight excluding hydrogens is 404 g/mol. The van der Waals surface area contributed by atoms with Crippen molar-refractivity contribution >= 4 is 23.5 Å². The van der Waals surface area contributed by atoms with Gasteiger partial charge < -0.3 is 16.0 Å². The van der Waals surface area contributed by atoms with Crippen molar-refractivity contribution in [2.75, 3.05) is 39.5 Å². The molecule has 2 aromatic carbocycles. The van der Waals surface area contributed by atoms with Crippen LogP contribution in [-0.2, 0) is 17.6 Å². The van der Waals surface area contributed by atoms with Gasteiger partial charge in [-0.25, -0.2) is 9.79 Å². The SMILES string of the molecule is CN(C)CCN1C(=O)C2NC(Cc3ccccc3)=NC2N(CCc2ccc(N)cc2)C1=O. The molecule has 2 aliphatic rings. The van der Waals surface area contributed by atoms with Crippen LogP contribution in [0, 0.1) is 0 Å². The summed E-state index contributed by atoms with van der Waals surface area (Å²) < 4.78 is 0. The van der Waals surface area contributed by atoms with E-state index in [1.165, 1.54) is 4.90 Å². The van der Waals surface area contributed by atoms with Gasteiger partial charge in [0, 0.05) is 31.7 Å². The van der Waals surface area contributed by atoms with Crippen LogP contribution in [0.25, 0.3) is 0 Å². The molecule has 0 aromatic heterocycles. The van der Waals surface area contributed by atoms with Crippen molar-refractivity contribution in [3.8, 4) is 0 Å². The predicted octanol–water partition coefficient (Wildman–Crippen LogP) is 1.58. The molecular formula is C24H30N6O2. The first kappa shape index (κ1) is 21.8. The molecule has 2 heterocycles. The summed E-state index contributed by atoms with van der Waals surface area (Å²) in [6.07, 6.45) is 0.728. The van der Waals surface area contributed by atoms with Crippen molar-refractivity contribution in [1.82, 2.24) is 20.0 Å². The molecule has 3 N–H and O–H groups in total. The lowest BCUT2D eigenvalue weighted by Crippen LogP contribution is -2.66. The summed E-state index contributed by atoms with van der Waals surface area (Å²) in [6.45, 7) is 1.43. The number of benzene rings is 2. The fraction of sp³-hybridized carbons (Fsp3) is 0.375. The number of nitrogens with zero attached hydrogens (tertiary/aromatic N) is 4. The van der Waals surface area contributed by atoms with Crippen LogP contribution in [0.2, 0.25) is 0 Å². The first-order valence-corrected chi connectivity index (χ1v) is 10.9. The summed E-state index contributed by atoms with van der Waals surface area (Å²) in [4.78, 5) is 36.3. The molecule has 2 unspecified atom stereocenters. The minimum absolute atomic E-state index is 0.211. The third kappa shape index (κ3) is 4.75. The number of amides is 3. The zero-order valence-corrected chi connectivity index (χ0v) is 18.6. The zero-order valence-electron chi connectivity index (χ0n) is 18.6. The van der Waals surface area contributed by atoms with Gasteiger partial charge in [-0.05, 0) is 43.8 Å². The normalized spacial score (nSPS) is 20.4. The van der Waals surface area contributed by atoms with Gasteiger partial charge in [-0.15, -0.1) is 0 Å². The number of rotatable bonds is 8. The Morgan fingerprint density at radius 3 is 2.41 bits per heavy atom. The summed E-state index contributed by atoms with van der Waals surface area (Å²) in [6, 6.07) is 16.8. The Balaban J connectivity index is 1.55. The van der Waals surface area contributed by atoms with E-state index >= 15 is 0 Å². The lowest BCUT2D eigenvalue weighted by molar-refractivity contribution is -0.134.